The van der Waals surface area contributed by atoms with E-state index in [1.165, 1.54) is 24.3 Å². The van der Waals surface area contributed by atoms with Gasteiger partial charge in [0, 0.05) is 0 Å². The van der Waals surface area contributed by atoms with E-state index in [4.69, 9.17) is 9.29 Å². The Bertz CT molecular complexity index is 1070. The van der Waals surface area contributed by atoms with Crippen molar-refractivity contribution in [2.75, 3.05) is 6.61 Å². The van der Waals surface area contributed by atoms with Crippen molar-refractivity contribution in [3.8, 4) is 0 Å². The number of fused-ring (bicyclic) bond motifs is 3. The first kappa shape index (κ1) is 24.2. The minimum Gasteiger partial charge on any atom is -0.478 e. The van der Waals surface area contributed by atoms with Crippen LogP contribution in [0.1, 0.15) is 76.1 Å². The zero-order valence-corrected chi connectivity index (χ0v) is 20.8. The molecule has 33 heavy (non-hydrogen) atoms. The van der Waals surface area contributed by atoms with E-state index in [1.54, 1.807) is 5.57 Å². The fourth-order valence-corrected chi connectivity index (χ4v) is 7.99. The summed E-state index contributed by atoms with van der Waals surface area (Å²) in [6.07, 6.45) is 12.1. The van der Waals surface area contributed by atoms with Crippen LogP contribution in [-0.2, 0) is 14.3 Å². The molecule has 0 aromatic heterocycles. The molecule has 2 saturated carbocycles. The maximum absolute atomic E-state index is 12.9. The van der Waals surface area contributed by atoms with Crippen molar-refractivity contribution in [1.29, 1.82) is 0 Å². The topological polar surface area (TPSA) is 80.7 Å². The van der Waals surface area contributed by atoms with Crippen LogP contribution >= 0.6 is 0 Å². The molecule has 4 rings (SSSR count). The molecule has 0 amide bonds. The molecule has 0 saturated heterocycles. The summed E-state index contributed by atoms with van der Waals surface area (Å²) in [5.74, 6) is -0.128. The normalized spacial score (nSPS) is 36.3. The van der Waals surface area contributed by atoms with Gasteiger partial charge in [-0.25, -0.2) is 4.79 Å². The van der Waals surface area contributed by atoms with Gasteiger partial charge in [0.1, 0.15) is 0 Å². The number of benzene rings is 1. The summed E-state index contributed by atoms with van der Waals surface area (Å²) in [5.41, 5.74) is 1.65. The van der Waals surface area contributed by atoms with Gasteiger partial charge in [0.25, 0.3) is 10.1 Å². The summed E-state index contributed by atoms with van der Waals surface area (Å²) in [7, 11) is -3.96. The standard InChI is InChI=1S/C27H36O5S/c1-5-25(2)16-13-22-20(17-25)9-12-23-26(3,14-6-15-27(22,23)4)18-32-33(30,31)21-10-7-19(8-11-21)24(28)29/h5,7-8,10-11,13,20,23H,1,6,9,12,14-18H2,2-4H3,(H,28,29)/t20-,23+,25-,26-,27-/m0/s1. The van der Waals surface area contributed by atoms with Crippen LogP contribution in [0.3, 0.4) is 0 Å². The monoisotopic (exact) mass is 472 g/mol. The van der Waals surface area contributed by atoms with Gasteiger partial charge in [-0.05, 0) is 90.9 Å². The van der Waals surface area contributed by atoms with Crippen molar-refractivity contribution in [3.05, 3.63) is 54.1 Å². The van der Waals surface area contributed by atoms with E-state index >= 15 is 0 Å². The van der Waals surface area contributed by atoms with Crippen molar-refractivity contribution in [2.45, 2.75) is 70.6 Å². The molecule has 180 valence electrons. The second kappa shape index (κ2) is 8.38. The molecule has 1 aromatic carbocycles. The summed E-state index contributed by atoms with van der Waals surface area (Å²) in [6.45, 7) is 11.1. The van der Waals surface area contributed by atoms with E-state index in [0.29, 0.717) is 11.8 Å². The van der Waals surface area contributed by atoms with Gasteiger partial charge in [0.2, 0.25) is 0 Å². The van der Waals surface area contributed by atoms with Gasteiger partial charge in [-0.3, -0.25) is 4.18 Å². The van der Waals surface area contributed by atoms with Gasteiger partial charge in [0.05, 0.1) is 17.1 Å². The highest BCUT2D eigenvalue weighted by Gasteiger charge is 2.55. The molecule has 0 bridgehead atoms. The minimum absolute atomic E-state index is 0.00270. The van der Waals surface area contributed by atoms with Crippen molar-refractivity contribution >= 4 is 16.1 Å². The summed E-state index contributed by atoms with van der Waals surface area (Å²) < 4.78 is 31.4. The second-order valence-electron chi connectivity index (χ2n) is 11.2. The lowest BCUT2D eigenvalue weighted by Gasteiger charge is -2.59. The number of aromatic carboxylic acids is 1. The molecular formula is C27H36O5S. The van der Waals surface area contributed by atoms with Gasteiger partial charge >= 0.3 is 5.97 Å². The van der Waals surface area contributed by atoms with Crippen molar-refractivity contribution in [1.82, 2.24) is 0 Å². The summed E-state index contributed by atoms with van der Waals surface area (Å²) in [4.78, 5) is 11.1. The zero-order valence-electron chi connectivity index (χ0n) is 20.0. The van der Waals surface area contributed by atoms with Gasteiger partial charge in [-0.2, -0.15) is 8.42 Å². The van der Waals surface area contributed by atoms with Crippen LogP contribution in [0.15, 0.2) is 53.5 Å². The Hall–Kier alpha value is -1.92. The minimum atomic E-state index is -3.96. The molecule has 0 unspecified atom stereocenters. The average Bonchev–Trinajstić information content (AvgIpc) is 2.77. The smallest absolute Gasteiger partial charge is 0.335 e. The fourth-order valence-electron chi connectivity index (χ4n) is 6.96. The lowest BCUT2D eigenvalue weighted by atomic mass is 9.46. The predicted molar refractivity (Wildman–Crippen MR) is 128 cm³/mol. The highest BCUT2D eigenvalue weighted by atomic mass is 32.2. The highest BCUT2D eigenvalue weighted by molar-refractivity contribution is 7.86. The molecule has 0 radical (unpaired) electrons. The van der Waals surface area contributed by atoms with Gasteiger partial charge in [-0.15, -0.1) is 6.58 Å². The van der Waals surface area contributed by atoms with Crippen LogP contribution in [0.5, 0.6) is 0 Å². The Labute approximate surface area is 198 Å². The fraction of sp³-hybridized carbons (Fsp3) is 0.593. The van der Waals surface area contributed by atoms with Gasteiger partial charge in [0.15, 0.2) is 0 Å². The van der Waals surface area contributed by atoms with Crippen molar-refractivity contribution in [3.63, 3.8) is 0 Å². The van der Waals surface area contributed by atoms with E-state index in [-0.39, 0.29) is 33.3 Å². The molecule has 0 spiro atoms. The number of rotatable bonds is 6. The lowest BCUT2D eigenvalue weighted by molar-refractivity contribution is -0.0490. The molecule has 3 aliphatic rings. The first-order valence-corrected chi connectivity index (χ1v) is 13.4. The first-order valence-electron chi connectivity index (χ1n) is 12.0. The Morgan fingerprint density at radius 3 is 2.52 bits per heavy atom. The summed E-state index contributed by atoms with van der Waals surface area (Å²) >= 11 is 0. The van der Waals surface area contributed by atoms with Crippen LogP contribution in [0.25, 0.3) is 0 Å². The van der Waals surface area contributed by atoms with Gasteiger partial charge < -0.3 is 5.11 Å². The molecule has 2 fully saturated rings. The van der Waals surface area contributed by atoms with Crippen LogP contribution in [0.4, 0.5) is 0 Å². The second-order valence-corrected chi connectivity index (χ2v) is 12.8. The summed E-state index contributed by atoms with van der Waals surface area (Å²) in [5, 5.41) is 9.06. The van der Waals surface area contributed by atoms with E-state index in [9.17, 15) is 13.2 Å². The maximum atomic E-state index is 12.9. The average molecular weight is 473 g/mol. The molecule has 1 N–H and O–H groups in total. The molecule has 5 atom stereocenters. The number of carbonyl (C=O) groups is 1. The molecule has 1 aromatic rings. The van der Waals surface area contributed by atoms with Crippen LogP contribution in [-0.4, -0.2) is 26.1 Å². The Kier molecular flexibility index (Phi) is 6.15. The molecule has 6 heteroatoms. The van der Waals surface area contributed by atoms with Crippen molar-refractivity contribution in [2.24, 2.45) is 28.1 Å². The third kappa shape index (κ3) is 4.32. The Morgan fingerprint density at radius 2 is 1.88 bits per heavy atom. The van der Waals surface area contributed by atoms with E-state index in [1.807, 2.05) is 0 Å². The molecular weight excluding hydrogens is 436 g/mol. The number of hydrogen-bond donors (Lipinski definition) is 1. The first-order chi connectivity index (χ1) is 15.4. The number of carboxylic acids is 1. The Morgan fingerprint density at radius 1 is 1.18 bits per heavy atom. The number of hydrogen-bond acceptors (Lipinski definition) is 4. The molecule has 0 aliphatic heterocycles. The largest absolute Gasteiger partial charge is 0.478 e. The number of carboxylic acid groups (broad SMARTS) is 1. The van der Waals surface area contributed by atoms with Crippen LogP contribution < -0.4 is 0 Å². The maximum Gasteiger partial charge on any atom is 0.335 e. The molecule has 5 nitrogen and oxygen atoms in total. The summed E-state index contributed by atoms with van der Waals surface area (Å²) in [6, 6.07) is 5.21. The number of allylic oxidation sites excluding steroid dienone is 3. The van der Waals surface area contributed by atoms with Crippen LogP contribution in [0.2, 0.25) is 0 Å². The third-order valence-corrected chi connectivity index (χ3v) is 10.2. The van der Waals surface area contributed by atoms with Gasteiger partial charge in [-0.1, -0.05) is 44.9 Å². The van der Waals surface area contributed by atoms with E-state index in [2.05, 4.69) is 39.5 Å². The quantitative estimate of drug-likeness (QED) is 0.392. The van der Waals surface area contributed by atoms with Crippen LogP contribution in [0, 0.1) is 28.1 Å². The Balaban J connectivity index is 1.54. The third-order valence-electron chi connectivity index (χ3n) is 8.89. The highest BCUT2D eigenvalue weighted by Crippen LogP contribution is 2.63. The predicted octanol–water partition coefficient (Wildman–Crippen LogP) is 6.23. The van der Waals surface area contributed by atoms with E-state index < -0.39 is 16.1 Å². The molecule has 3 aliphatic carbocycles. The zero-order chi connectivity index (χ0) is 24.1. The molecule has 0 heterocycles. The lowest BCUT2D eigenvalue weighted by Crippen LogP contribution is -2.51. The van der Waals surface area contributed by atoms with Crippen molar-refractivity contribution < 1.29 is 22.5 Å². The van der Waals surface area contributed by atoms with E-state index in [0.717, 1.165) is 44.9 Å². The SMILES string of the molecule is C=C[C@@]1(C)CC=C2[C@@H](CC[C@@H]3[C@](C)(COS(=O)(=O)c4ccc(C(=O)O)cc4)CCC[C@@]23C)C1.